The lowest BCUT2D eigenvalue weighted by Crippen LogP contribution is -2.23. The predicted molar refractivity (Wildman–Crippen MR) is 84.2 cm³/mol. The van der Waals surface area contributed by atoms with Gasteiger partial charge in [-0.1, -0.05) is 29.8 Å². The van der Waals surface area contributed by atoms with E-state index in [1.807, 2.05) is 37.3 Å². The van der Waals surface area contributed by atoms with Crippen LogP contribution in [0.2, 0.25) is 0 Å². The third kappa shape index (κ3) is 2.37. The molecule has 0 saturated heterocycles. The highest BCUT2D eigenvalue weighted by Crippen LogP contribution is 2.30. The van der Waals surface area contributed by atoms with E-state index in [1.54, 1.807) is 24.0 Å². The lowest BCUT2D eigenvalue weighted by Gasteiger charge is -2.16. The number of aryl methyl sites for hydroxylation is 1. The van der Waals surface area contributed by atoms with Gasteiger partial charge in [0.25, 0.3) is 5.91 Å². The number of aliphatic carboxylic acids is 1. The van der Waals surface area contributed by atoms with Crippen molar-refractivity contribution in [2.45, 2.75) is 26.3 Å². The number of carbonyl (C=O) groups excluding carboxylic acids is 1. The maximum atomic E-state index is 12.5. The zero-order valence-corrected chi connectivity index (χ0v) is 12.5. The number of hydrogen-bond acceptors (Lipinski definition) is 2. The van der Waals surface area contributed by atoms with Crippen molar-refractivity contribution in [3.8, 4) is 0 Å². The van der Waals surface area contributed by atoms with Crippen molar-refractivity contribution in [3.63, 3.8) is 0 Å². The maximum Gasteiger partial charge on any atom is 0.310 e. The highest BCUT2D eigenvalue weighted by atomic mass is 16.4. The number of rotatable bonds is 3. The molecule has 1 N–H and O–H groups in total. The maximum absolute atomic E-state index is 12.5. The van der Waals surface area contributed by atoms with Crippen LogP contribution in [-0.4, -0.2) is 17.0 Å². The van der Waals surface area contributed by atoms with E-state index in [1.165, 1.54) is 0 Å². The van der Waals surface area contributed by atoms with Crippen LogP contribution in [0.5, 0.6) is 0 Å². The summed E-state index contributed by atoms with van der Waals surface area (Å²) < 4.78 is 0. The van der Waals surface area contributed by atoms with Crippen LogP contribution in [-0.2, 0) is 11.3 Å². The molecule has 0 spiro atoms. The lowest BCUT2D eigenvalue weighted by molar-refractivity contribution is -0.138. The van der Waals surface area contributed by atoms with E-state index in [2.05, 4.69) is 0 Å². The Hall–Kier alpha value is -2.62. The van der Waals surface area contributed by atoms with Gasteiger partial charge in [-0.05, 0) is 43.2 Å². The van der Waals surface area contributed by atoms with Crippen molar-refractivity contribution in [3.05, 3.63) is 64.7 Å². The summed E-state index contributed by atoms with van der Waals surface area (Å²) in [5, 5.41) is 9.04. The molecule has 0 aliphatic carbocycles. The Labute approximate surface area is 129 Å². The van der Waals surface area contributed by atoms with E-state index >= 15 is 0 Å². The summed E-state index contributed by atoms with van der Waals surface area (Å²) in [5.41, 5.74) is 4.44. The molecule has 0 bridgehead atoms. The number of hydrogen-bond donors (Lipinski definition) is 1. The van der Waals surface area contributed by atoms with E-state index < -0.39 is 11.9 Å². The van der Waals surface area contributed by atoms with E-state index in [4.69, 9.17) is 5.11 Å². The van der Waals surface area contributed by atoms with Gasteiger partial charge in [0.05, 0.1) is 12.5 Å². The number of benzene rings is 2. The number of carbonyl (C=O) groups is 2. The molecule has 3 rings (SSSR count). The van der Waals surface area contributed by atoms with Crippen molar-refractivity contribution in [1.82, 2.24) is 0 Å². The van der Waals surface area contributed by atoms with E-state index in [0.29, 0.717) is 6.54 Å². The quantitative estimate of drug-likeness (QED) is 0.944. The van der Waals surface area contributed by atoms with Gasteiger partial charge in [-0.15, -0.1) is 0 Å². The molecule has 0 aromatic heterocycles. The van der Waals surface area contributed by atoms with Crippen LogP contribution >= 0.6 is 0 Å². The zero-order chi connectivity index (χ0) is 15.9. The first-order valence-electron chi connectivity index (χ1n) is 7.21. The smallest absolute Gasteiger partial charge is 0.310 e. The fourth-order valence-corrected chi connectivity index (χ4v) is 2.74. The van der Waals surface area contributed by atoms with Gasteiger partial charge >= 0.3 is 5.97 Å². The number of nitrogens with zero attached hydrogens (tertiary/aromatic N) is 1. The lowest BCUT2D eigenvalue weighted by atomic mass is 10.0. The van der Waals surface area contributed by atoms with Crippen LogP contribution in [0.15, 0.2) is 42.5 Å². The molecule has 4 nitrogen and oxygen atoms in total. The van der Waals surface area contributed by atoms with Crippen LogP contribution in [0.4, 0.5) is 5.69 Å². The first-order valence-corrected chi connectivity index (χ1v) is 7.21. The molecule has 0 radical (unpaired) electrons. The Morgan fingerprint density at radius 1 is 1.18 bits per heavy atom. The number of carboxylic acid groups (broad SMARTS) is 1. The van der Waals surface area contributed by atoms with Crippen molar-refractivity contribution in [2.24, 2.45) is 0 Å². The molecule has 0 saturated carbocycles. The fraction of sp³-hybridized carbons (Fsp3) is 0.222. The molecule has 112 valence electrons. The minimum atomic E-state index is -0.854. The van der Waals surface area contributed by atoms with Gasteiger partial charge in [-0.25, -0.2) is 0 Å². The summed E-state index contributed by atoms with van der Waals surface area (Å²) in [4.78, 5) is 25.2. The molecule has 2 aromatic carbocycles. The molecular weight excluding hydrogens is 278 g/mol. The van der Waals surface area contributed by atoms with Crippen molar-refractivity contribution in [1.29, 1.82) is 0 Å². The monoisotopic (exact) mass is 295 g/mol. The SMILES string of the molecule is Cc1ccc2c(c1)CN(c1ccc(C(C)C(=O)O)cc1)C2=O. The molecule has 2 aromatic rings. The third-order valence-electron chi connectivity index (χ3n) is 4.14. The van der Waals surface area contributed by atoms with Crippen molar-refractivity contribution >= 4 is 17.6 Å². The van der Waals surface area contributed by atoms with Gasteiger partial charge in [-0.2, -0.15) is 0 Å². The zero-order valence-electron chi connectivity index (χ0n) is 12.5. The summed E-state index contributed by atoms with van der Waals surface area (Å²) >= 11 is 0. The van der Waals surface area contributed by atoms with Gasteiger partial charge < -0.3 is 10.0 Å². The molecule has 1 amide bonds. The van der Waals surface area contributed by atoms with E-state index in [9.17, 15) is 9.59 Å². The minimum Gasteiger partial charge on any atom is -0.481 e. The Bertz CT molecular complexity index is 749. The summed E-state index contributed by atoms with van der Waals surface area (Å²) in [6, 6.07) is 13.0. The van der Waals surface area contributed by atoms with Crippen LogP contribution in [0.25, 0.3) is 0 Å². The first-order chi connectivity index (χ1) is 10.5. The van der Waals surface area contributed by atoms with Crippen LogP contribution < -0.4 is 4.90 Å². The molecule has 4 heteroatoms. The summed E-state index contributed by atoms with van der Waals surface area (Å²) in [7, 11) is 0. The molecule has 1 aliphatic heterocycles. The summed E-state index contributed by atoms with van der Waals surface area (Å²) in [6.45, 7) is 4.22. The van der Waals surface area contributed by atoms with Gasteiger partial charge in [0.15, 0.2) is 0 Å². The van der Waals surface area contributed by atoms with Crippen LogP contribution in [0.3, 0.4) is 0 Å². The molecule has 1 unspecified atom stereocenters. The molecule has 1 atom stereocenters. The Morgan fingerprint density at radius 3 is 2.50 bits per heavy atom. The average Bonchev–Trinajstić information content (AvgIpc) is 2.83. The first kappa shape index (κ1) is 14.3. The topological polar surface area (TPSA) is 57.6 Å². The standard InChI is InChI=1S/C18H17NO3/c1-11-3-8-16-14(9-11)10-19(17(16)20)15-6-4-13(5-7-15)12(2)18(21)22/h3-9,12H,10H2,1-2H3,(H,21,22). The van der Waals surface area contributed by atoms with Crippen LogP contribution in [0, 0.1) is 6.92 Å². The van der Waals surface area contributed by atoms with Crippen molar-refractivity contribution < 1.29 is 14.7 Å². The largest absolute Gasteiger partial charge is 0.481 e. The second kappa shape index (κ2) is 5.30. The summed E-state index contributed by atoms with van der Waals surface area (Å²) in [6.07, 6.45) is 0. The minimum absolute atomic E-state index is 0.00552. The van der Waals surface area contributed by atoms with Crippen molar-refractivity contribution in [2.75, 3.05) is 4.90 Å². The number of fused-ring (bicyclic) bond motifs is 1. The highest BCUT2D eigenvalue weighted by molar-refractivity contribution is 6.10. The van der Waals surface area contributed by atoms with E-state index in [0.717, 1.165) is 27.9 Å². The van der Waals surface area contributed by atoms with Gasteiger partial charge in [-0.3, -0.25) is 9.59 Å². The Kier molecular flexibility index (Phi) is 3.45. The fourth-order valence-electron chi connectivity index (χ4n) is 2.74. The third-order valence-corrected chi connectivity index (χ3v) is 4.14. The Balaban J connectivity index is 1.87. The Morgan fingerprint density at radius 2 is 1.86 bits per heavy atom. The predicted octanol–water partition coefficient (Wildman–Crippen LogP) is 3.34. The van der Waals surface area contributed by atoms with E-state index in [-0.39, 0.29) is 5.91 Å². The molecule has 1 heterocycles. The number of carboxylic acids is 1. The number of anilines is 1. The second-order valence-electron chi connectivity index (χ2n) is 5.70. The van der Waals surface area contributed by atoms with Gasteiger partial charge in [0.1, 0.15) is 0 Å². The highest BCUT2D eigenvalue weighted by Gasteiger charge is 2.28. The van der Waals surface area contributed by atoms with Gasteiger partial charge in [0.2, 0.25) is 0 Å². The summed E-state index contributed by atoms with van der Waals surface area (Å²) in [5.74, 6) is -1.41. The second-order valence-corrected chi connectivity index (χ2v) is 5.70. The van der Waals surface area contributed by atoms with Crippen LogP contribution in [0.1, 0.15) is 39.9 Å². The molecular formula is C18H17NO3. The molecule has 22 heavy (non-hydrogen) atoms. The van der Waals surface area contributed by atoms with Gasteiger partial charge in [0, 0.05) is 11.3 Å². The average molecular weight is 295 g/mol. The normalized spacial score (nSPS) is 14.8. The molecule has 0 fully saturated rings. The number of amides is 1. The molecule has 1 aliphatic rings.